The Morgan fingerprint density at radius 3 is 2.68 bits per heavy atom. The second-order valence-corrected chi connectivity index (χ2v) is 7.90. The molecule has 1 aliphatic heterocycles. The van der Waals surface area contributed by atoms with E-state index < -0.39 is 5.97 Å². The van der Waals surface area contributed by atoms with Crippen LogP contribution in [0, 0.1) is 0 Å². The van der Waals surface area contributed by atoms with Gasteiger partial charge in [0, 0.05) is 11.5 Å². The Hall–Kier alpha value is -2.69. The number of pyridine rings is 1. The lowest BCUT2D eigenvalue weighted by Crippen LogP contribution is -2.35. The average molecular weight is 380 g/mol. The van der Waals surface area contributed by atoms with Crippen molar-refractivity contribution in [3.63, 3.8) is 0 Å². The molecule has 0 amide bonds. The first-order valence-corrected chi connectivity index (χ1v) is 9.81. The number of nitrogens with zero attached hydrogens (tertiary/aromatic N) is 2. The molecule has 0 atom stereocenters. The van der Waals surface area contributed by atoms with Gasteiger partial charge in [0.1, 0.15) is 11.5 Å². The van der Waals surface area contributed by atoms with Crippen LogP contribution in [0.1, 0.15) is 52.0 Å². The number of aliphatic imine (C=N–C) groups is 1. The molecule has 28 heavy (non-hydrogen) atoms. The number of carboxylic acids is 1. The Balaban J connectivity index is 1.93. The van der Waals surface area contributed by atoms with E-state index in [0.717, 1.165) is 47.8 Å². The third-order valence-corrected chi connectivity index (χ3v) is 5.64. The van der Waals surface area contributed by atoms with Crippen molar-refractivity contribution in [2.24, 2.45) is 4.99 Å². The van der Waals surface area contributed by atoms with Crippen LogP contribution in [0.4, 0.5) is 5.82 Å². The van der Waals surface area contributed by atoms with Crippen molar-refractivity contribution in [3.05, 3.63) is 42.1 Å². The fraction of sp³-hybridized carbons (Fsp3) is 0.435. The van der Waals surface area contributed by atoms with E-state index in [0.29, 0.717) is 6.42 Å². The molecule has 3 rings (SSSR count). The first-order valence-electron chi connectivity index (χ1n) is 9.81. The molecule has 2 heterocycles. The summed E-state index contributed by atoms with van der Waals surface area (Å²) in [7, 11) is 1.68. The summed E-state index contributed by atoms with van der Waals surface area (Å²) in [6, 6.07) is 10.3. The maximum Gasteiger partial charge on any atom is 0.327 e. The number of aryl methyl sites for hydroxylation is 1. The summed E-state index contributed by atoms with van der Waals surface area (Å²) in [5.41, 5.74) is 4.45. The smallest absolute Gasteiger partial charge is 0.327 e. The SMILES string of the molecule is COc1cccc(-c2cc3c([n+](CCCCCC(=O)[O-])c2)N=C(C)C3(C)C)c1. The fourth-order valence-corrected chi connectivity index (χ4v) is 3.58. The van der Waals surface area contributed by atoms with Gasteiger partial charge in [-0.2, -0.15) is 0 Å². The number of aromatic nitrogens is 1. The number of fused-ring (bicyclic) bond motifs is 1. The molecule has 5 nitrogen and oxygen atoms in total. The van der Waals surface area contributed by atoms with Crippen molar-refractivity contribution in [3.8, 4) is 16.9 Å². The third-order valence-electron chi connectivity index (χ3n) is 5.64. The number of benzene rings is 1. The van der Waals surface area contributed by atoms with E-state index >= 15 is 0 Å². The highest BCUT2D eigenvalue weighted by Crippen LogP contribution is 2.39. The lowest BCUT2D eigenvalue weighted by molar-refractivity contribution is -0.684. The molecule has 0 saturated heterocycles. The van der Waals surface area contributed by atoms with Gasteiger partial charge < -0.3 is 14.6 Å². The predicted octanol–water partition coefficient (Wildman–Crippen LogP) is 3.34. The average Bonchev–Trinajstić information content (AvgIpc) is 2.90. The van der Waals surface area contributed by atoms with Crippen LogP contribution in [0.15, 0.2) is 41.5 Å². The number of carbonyl (C=O) groups is 1. The molecule has 0 radical (unpaired) electrons. The van der Waals surface area contributed by atoms with Crippen molar-refractivity contribution >= 4 is 17.5 Å². The van der Waals surface area contributed by atoms with E-state index in [1.54, 1.807) is 7.11 Å². The number of unbranched alkanes of at least 4 members (excludes halogenated alkanes) is 2. The Labute approximate surface area is 166 Å². The van der Waals surface area contributed by atoms with Crippen molar-refractivity contribution in [1.29, 1.82) is 0 Å². The molecular weight excluding hydrogens is 352 g/mol. The maximum atomic E-state index is 10.6. The molecule has 1 aromatic carbocycles. The van der Waals surface area contributed by atoms with Crippen LogP contribution in [0.5, 0.6) is 5.75 Å². The number of hydrogen-bond donors (Lipinski definition) is 0. The summed E-state index contributed by atoms with van der Waals surface area (Å²) in [4.78, 5) is 15.5. The highest BCUT2D eigenvalue weighted by Gasteiger charge is 2.41. The summed E-state index contributed by atoms with van der Waals surface area (Å²) >= 11 is 0. The molecule has 0 aliphatic carbocycles. The number of carbonyl (C=O) groups excluding carboxylic acids is 1. The molecule has 2 aromatic rings. The molecule has 5 heteroatoms. The van der Waals surface area contributed by atoms with E-state index in [1.807, 2.05) is 18.2 Å². The molecule has 148 valence electrons. The lowest BCUT2D eigenvalue weighted by atomic mass is 9.82. The Morgan fingerprint density at radius 1 is 1.18 bits per heavy atom. The number of methoxy groups -OCH3 is 1. The number of aliphatic carboxylic acids is 1. The number of rotatable bonds is 8. The summed E-state index contributed by atoms with van der Waals surface area (Å²) in [6.07, 6.45) is 4.67. The van der Waals surface area contributed by atoms with Gasteiger partial charge in [-0.05, 0) is 75.2 Å². The van der Waals surface area contributed by atoms with E-state index in [4.69, 9.17) is 9.73 Å². The Kier molecular flexibility index (Phi) is 5.82. The first kappa shape index (κ1) is 20.1. The van der Waals surface area contributed by atoms with E-state index in [-0.39, 0.29) is 11.8 Å². The zero-order valence-corrected chi connectivity index (χ0v) is 17.1. The molecular formula is C23H28N2O3. The summed E-state index contributed by atoms with van der Waals surface area (Å²) in [5, 5.41) is 10.6. The molecule has 0 saturated carbocycles. The minimum Gasteiger partial charge on any atom is -0.550 e. The van der Waals surface area contributed by atoms with Crippen LogP contribution >= 0.6 is 0 Å². The van der Waals surface area contributed by atoms with E-state index in [1.165, 1.54) is 5.56 Å². The normalized spacial score (nSPS) is 14.5. The second kappa shape index (κ2) is 8.13. The Bertz CT molecular complexity index is 916. The van der Waals surface area contributed by atoms with E-state index in [9.17, 15) is 9.90 Å². The topological polar surface area (TPSA) is 65.6 Å². The summed E-state index contributed by atoms with van der Waals surface area (Å²) < 4.78 is 7.60. The highest BCUT2D eigenvalue weighted by molar-refractivity contribution is 5.98. The minimum absolute atomic E-state index is 0.110. The minimum atomic E-state index is -0.976. The zero-order chi connectivity index (χ0) is 20.3. The van der Waals surface area contributed by atoms with Gasteiger partial charge in [0.25, 0.3) is 0 Å². The van der Waals surface area contributed by atoms with Crippen molar-refractivity contribution < 1.29 is 19.2 Å². The van der Waals surface area contributed by atoms with Gasteiger partial charge in [0.2, 0.25) is 0 Å². The first-order chi connectivity index (χ1) is 13.3. The molecule has 0 fully saturated rings. The molecule has 0 N–H and O–H groups in total. The molecule has 0 bridgehead atoms. The second-order valence-electron chi connectivity index (χ2n) is 7.90. The van der Waals surface area contributed by atoms with E-state index in [2.05, 4.69) is 43.7 Å². The molecule has 1 aromatic heterocycles. The van der Waals surface area contributed by atoms with Gasteiger partial charge in [0.15, 0.2) is 0 Å². The maximum absolute atomic E-state index is 10.6. The van der Waals surface area contributed by atoms with Crippen molar-refractivity contribution in [2.45, 2.75) is 58.4 Å². The quantitative estimate of drug-likeness (QED) is 0.521. The third kappa shape index (κ3) is 4.08. The largest absolute Gasteiger partial charge is 0.550 e. The molecule has 1 aliphatic rings. The number of carboxylic acid groups (broad SMARTS) is 1. The number of ether oxygens (including phenoxy) is 1. The van der Waals surface area contributed by atoms with Gasteiger partial charge in [0.05, 0.1) is 30.8 Å². The van der Waals surface area contributed by atoms with Gasteiger partial charge in [-0.3, -0.25) is 0 Å². The van der Waals surface area contributed by atoms with Gasteiger partial charge in [-0.1, -0.05) is 12.1 Å². The van der Waals surface area contributed by atoms with Crippen molar-refractivity contribution in [1.82, 2.24) is 0 Å². The standard InChI is InChI=1S/C23H28N2O3/c1-16-23(2,3)20-14-18(17-9-8-10-19(13-17)28-4)15-25(22(20)24-16)12-7-5-6-11-21(26)27/h8-10,13-15H,5-7,11-12H2,1-4H3. The van der Waals surface area contributed by atoms with Gasteiger partial charge in [-0.25, -0.2) is 4.57 Å². The highest BCUT2D eigenvalue weighted by atomic mass is 16.5. The van der Waals surface area contributed by atoms with Crippen molar-refractivity contribution in [2.75, 3.05) is 7.11 Å². The summed E-state index contributed by atoms with van der Waals surface area (Å²) in [6.45, 7) is 7.30. The lowest BCUT2D eigenvalue weighted by Gasteiger charge is -2.17. The van der Waals surface area contributed by atoms with Crippen LogP contribution < -0.4 is 14.4 Å². The van der Waals surface area contributed by atoms with Crippen LogP contribution in [0.2, 0.25) is 0 Å². The van der Waals surface area contributed by atoms with Crippen LogP contribution in [-0.2, 0) is 16.8 Å². The zero-order valence-electron chi connectivity index (χ0n) is 17.1. The van der Waals surface area contributed by atoms with Crippen LogP contribution in [-0.4, -0.2) is 18.8 Å². The fourth-order valence-electron chi connectivity index (χ4n) is 3.58. The molecule has 0 spiro atoms. The van der Waals surface area contributed by atoms with Crippen LogP contribution in [0.25, 0.3) is 11.1 Å². The predicted molar refractivity (Wildman–Crippen MR) is 108 cm³/mol. The summed E-state index contributed by atoms with van der Waals surface area (Å²) in [5.74, 6) is 0.864. The van der Waals surface area contributed by atoms with Gasteiger partial charge in [-0.15, -0.1) is 0 Å². The van der Waals surface area contributed by atoms with Crippen LogP contribution in [0.3, 0.4) is 0 Å². The number of hydrogen-bond acceptors (Lipinski definition) is 4. The Morgan fingerprint density at radius 2 is 1.96 bits per heavy atom. The van der Waals surface area contributed by atoms with Gasteiger partial charge >= 0.3 is 5.82 Å². The monoisotopic (exact) mass is 380 g/mol. The molecule has 0 unspecified atom stereocenters.